The fourth-order valence-electron chi connectivity index (χ4n) is 3.50. The van der Waals surface area contributed by atoms with E-state index in [9.17, 15) is 4.79 Å². The Balaban J connectivity index is 1.86. The Morgan fingerprint density at radius 2 is 1.84 bits per heavy atom. The number of aldehydes is 1. The fourth-order valence-corrected chi connectivity index (χ4v) is 3.50. The predicted molar refractivity (Wildman–Crippen MR) is 78.9 cm³/mol. The number of likely N-dealkylation sites (N-methyl/N-ethyl adjacent to an activating group) is 1. The van der Waals surface area contributed by atoms with Crippen molar-refractivity contribution >= 4 is 17.7 Å². The summed E-state index contributed by atoms with van der Waals surface area (Å²) >= 11 is 0. The summed E-state index contributed by atoms with van der Waals surface area (Å²) in [6, 6.07) is 8.53. The summed E-state index contributed by atoms with van der Waals surface area (Å²) in [5.74, 6) is 0. The lowest BCUT2D eigenvalue weighted by Gasteiger charge is -2.40. The van der Waals surface area contributed by atoms with Crippen LogP contribution < -0.4 is 9.80 Å². The molecule has 1 aliphatic heterocycles. The molecule has 3 rings (SSSR count). The minimum absolute atomic E-state index is 0.0942. The molecule has 1 aromatic carbocycles. The van der Waals surface area contributed by atoms with Gasteiger partial charge in [0.05, 0.1) is 11.4 Å². The topological polar surface area (TPSA) is 23.6 Å². The lowest BCUT2D eigenvalue weighted by molar-refractivity contribution is -0.115. The van der Waals surface area contributed by atoms with Gasteiger partial charge in [0.25, 0.3) is 0 Å². The molecule has 2 aliphatic rings. The highest BCUT2D eigenvalue weighted by molar-refractivity contribution is 5.74. The van der Waals surface area contributed by atoms with Gasteiger partial charge in [0.2, 0.25) is 0 Å². The second-order valence-corrected chi connectivity index (χ2v) is 6.02. The van der Waals surface area contributed by atoms with Crippen molar-refractivity contribution in [3.05, 3.63) is 24.3 Å². The molecule has 0 radical (unpaired) electrons. The third kappa shape index (κ3) is 2.22. The molecular formula is C16H22N2O. The van der Waals surface area contributed by atoms with Crippen LogP contribution in [0.15, 0.2) is 24.3 Å². The van der Waals surface area contributed by atoms with Gasteiger partial charge in [-0.15, -0.1) is 0 Å². The zero-order valence-corrected chi connectivity index (χ0v) is 11.6. The van der Waals surface area contributed by atoms with E-state index in [0.717, 1.165) is 32.5 Å². The van der Waals surface area contributed by atoms with Crippen molar-refractivity contribution in [1.82, 2.24) is 0 Å². The first-order chi connectivity index (χ1) is 9.24. The van der Waals surface area contributed by atoms with Crippen LogP contribution in [0.2, 0.25) is 0 Å². The Kier molecular flexibility index (Phi) is 3.21. The SMILES string of the molecule is CN1CCN(CC2(C=O)CCCC2)c2ccccc21. The largest absolute Gasteiger partial charge is 0.371 e. The number of rotatable bonds is 3. The lowest BCUT2D eigenvalue weighted by Crippen LogP contribution is -2.44. The number of fused-ring (bicyclic) bond motifs is 1. The summed E-state index contributed by atoms with van der Waals surface area (Å²) in [5.41, 5.74) is 2.47. The Labute approximate surface area is 115 Å². The van der Waals surface area contributed by atoms with Crippen LogP contribution in [0.25, 0.3) is 0 Å². The summed E-state index contributed by atoms with van der Waals surface area (Å²) in [7, 11) is 2.14. The van der Waals surface area contributed by atoms with Crippen molar-refractivity contribution in [3.63, 3.8) is 0 Å². The normalized spacial score (nSPS) is 21.3. The minimum Gasteiger partial charge on any atom is -0.371 e. The van der Waals surface area contributed by atoms with Crippen LogP contribution in [0.1, 0.15) is 25.7 Å². The van der Waals surface area contributed by atoms with Gasteiger partial charge < -0.3 is 14.6 Å². The molecule has 1 fully saturated rings. The van der Waals surface area contributed by atoms with Crippen molar-refractivity contribution in [2.45, 2.75) is 25.7 Å². The molecule has 1 aromatic rings. The van der Waals surface area contributed by atoms with E-state index in [1.165, 1.54) is 30.5 Å². The number of para-hydroxylation sites is 2. The first kappa shape index (κ1) is 12.5. The summed E-state index contributed by atoms with van der Waals surface area (Å²) in [6.07, 6.45) is 5.75. The van der Waals surface area contributed by atoms with E-state index < -0.39 is 0 Å². The van der Waals surface area contributed by atoms with Gasteiger partial charge in [-0.1, -0.05) is 25.0 Å². The predicted octanol–water partition coefficient (Wildman–Crippen LogP) is 2.70. The third-order valence-electron chi connectivity index (χ3n) is 4.69. The molecule has 3 nitrogen and oxygen atoms in total. The highest BCUT2D eigenvalue weighted by Gasteiger charge is 2.36. The van der Waals surface area contributed by atoms with E-state index in [4.69, 9.17) is 0 Å². The highest BCUT2D eigenvalue weighted by Crippen LogP contribution is 2.40. The average molecular weight is 258 g/mol. The van der Waals surface area contributed by atoms with E-state index in [-0.39, 0.29) is 5.41 Å². The number of carbonyl (C=O) groups excluding carboxylic acids is 1. The zero-order chi connectivity index (χ0) is 13.3. The van der Waals surface area contributed by atoms with Gasteiger partial charge in [-0.2, -0.15) is 0 Å². The number of hydrogen-bond donors (Lipinski definition) is 0. The van der Waals surface area contributed by atoms with E-state index in [2.05, 4.69) is 41.1 Å². The molecule has 1 heterocycles. The van der Waals surface area contributed by atoms with E-state index in [1.807, 2.05) is 0 Å². The van der Waals surface area contributed by atoms with Gasteiger partial charge in [0, 0.05) is 32.1 Å². The van der Waals surface area contributed by atoms with E-state index in [1.54, 1.807) is 0 Å². The van der Waals surface area contributed by atoms with Crippen LogP contribution >= 0.6 is 0 Å². The molecule has 0 N–H and O–H groups in total. The van der Waals surface area contributed by atoms with Crippen molar-refractivity contribution < 1.29 is 4.79 Å². The van der Waals surface area contributed by atoms with Gasteiger partial charge in [0.1, 0.15) is 6.29 Å². The van der Waals surface area contributed by atoms with Crippen molar-refractivity contribution in [2.75, 3.05) is 36.5 Å². The first-order valence-electron chi connectivity index (χ1n) is 7.26. The van der Waals surface area contributed by atoms with Crippen LogP contribution in [-0.4, -0.2) is 33.0 Å². The highest BCUT2D eigenvalue weighted by atomic mass is 16.1. The van der Waals surface area contributed by atoms with Crippen molar-refractivity contribution in [1.29, 1.82) is 0 Å². The maximum Gasteiger partial charge on any atom is 0.127 e. The van der Waals surface area contributed by atoms with Gasteiger partial charge in [-0.3, -0.25) is 0 Å². The molecular weight excluding hydrogens is 236 g/mol. The zero-order valence-electron chi connectivity index (χ0n) is 11.6. The molecule has 1 saturated carbocycles. The van der Waals surface area contributed by atoms with Crippen LogP contribution in [0, 0.1) is 5.41 Å². The first-order valence-corrected chi connectivity index (χ1v) is 7.26. The average Bonchev–Trinajstić information content (AvgIpc) is 2.92. The van der Waals surface area contributed by atoms with Crippen LogP contribution in [0.3, 0.4) is 0 Å². The fraction of sp³-hybridized carbons (Fsp3) is 0.562. The Bertz CT molecular complexity index is 466. The molecule has 1 aliphatic carbocycles. The minimum atomic E-state index is -0.0942. The Morgan fingerprint density at radius 3 is 2.53 bits per heavy atom. The van der Waals surface area contributed by atoms with E-state index in [0.29, 0.717) is 0 Å². The van der Waals surface area contributed by atoms with Crippen LogP contribution in [-0.2, 0) is 4.79 Å². The summed E-state index contributed by atoms with van der Waals surface area (Å²) < 4.78 is 0. The maximum atomic E-state index is 11.5. The molecule has 0 spiro atoms. The van der Waals surface area contributed by atoms with Crippen LogP contribution in [0.5, 0.6) is 0 Å². The summed E-state index contributed by atoms with van der Waals surface area (Å²) in [4.78, 5) is 16.3. The summed E-state index contributed by atoms with van der Waals surface area (Å²) in [5, 5.41) is 0. The molecule has 0 bridgehead atoms. The number of anilines is 2. The monoisotopic (exact) mass is 258 g/mol. The second kappa shape index (κ2) is 4.87. The maximum absolute atomic E-state index is 11.5. The molecule has 3 heteroatoms. The van der Waals surface area contributed by atoms with Crippen molar-refractivity contribution in [3.8, 4) is 0 Å². The molecule has 0 amide bonds. The van der Waals surface area contributed by atoms with Gasteiger partial charge in [-0.05, 0) is 25.0 Å². The molecule has 0 atom stereocenters. The van der Waals surface area contributed by atoms with Crippen molar-refractivity contribution in [2.24, 2.45) is 5.41 Å². The molecule has 102 valence electrons. The quantitative estimate of drug-likeness (QED) is 0.779. The standard InChI is InChI=1S/C16H22N2O/c1-17-10-11-18(15-7-3-2-6-14(15)17)12-16(13-19)8-4-5-9-16/h2-3,6-7,13H,4-5,8-12H2,1H3. The van der Waals surface area contributed by atoms with Crippen LogP contribution in [0.4, 0.5) is 11.4 Å². The lowest BCUT2D eigenvalue weighted by atomic mass is 9.87. The van der Waals surface area contributed by atoms with Gasteiger partial charge in [0.15, 0.2) is 0 Å². The number of carbonyl (C=O) groups is 1. The number of hydrogen-bond acceptors (Lipinski definition) is 3. The molecule has 19 heavy (non-hydrogen) atoms. The second-order valence-electron chi connectivity index (χ2n) is 6.02. The van der Waals surface area contributed by atoms with Gasteiger partial charge in [-0.25, -0.2) is 0 Å². The Hall–Kier alpha value is -1.51. The molecule has 0 unspecified atom stereocenters. The van der Waals surface area contributed by atoms with Gasteiger partial charge >= 0.3 is 0 Å². The Morgan fingerprint density at radius 1 is 1.16 bits per heavy atom. The van der Waals surface area contributed by atoms with E-state index >= 15 is 0 Å². The number of nitrogens with zero attached hydrogens (tertiary/aromatic N) is 2. The number of benzene rings is 1. The molecule has 0 saturated heterocycles. The third-order valence-corrected chi connectivity index (χ3v) is 4.69. The molecule has 0 aromatic heterocycles. The smallest absolute Gasteiger partial charge is 0.127 e. The summed E-state index contributed by atoms with van der Waals surface area (Å²) in [6.45, 7) is 2.94.